The Morgan fingerprint density at radius 2 is 1.39 bits per heavy atom. The average Bonchev–Trinajstić information content (AvgIpc) is 2.85. The van der Waals surface area contributed by atoms with E-state index < -0.39 is 8.32 Å². The molecule has 0 heterocycles. The molecule has 2 atom stereocenters. The van der Waals surface area contributed by atoms with Gasteiger partial charge in [-0.2, -0.15) is 0 Å². The van der Waals surface area contributed by atoms with E-state index in [1.165, 1.54) is 11.1 Å². The molecule has 0 amide bonds. The Bertz CT molecular complexity index is 784. The van der Waals surface area contributed by atoms with Crippen LogP contribution in [-0.2, 0) is 31.7 Å². The molecule has 0 spiro atoms. The van der Waals surface area contributed by atoms with Gasteiger partial charge in [0.25, 0.3) is 0 Å². The summed E-state index contributed by atoms with van der Waals surface area (Å²) in [4.78, 5) is 2.56. The van der Waals surface area contributed by atoms with E-state index in [4.69, 9.17) is 18.6 Å². The van der Waals surface area contributed by atoms with Crippen molar-refractivity contribution in [2.45, 2.75) is 83.9 Å². The third kappa shape index (κ3) is 10.4. The maximum absolute atomic E-state index is 6.64. The predicted octanol–water partition coefficient (Wildman–Crippen LogP) is 6.89. The van der Waals surface area contributed by atoms with Gasteiger partial charge in [0.1, 0.15) is 6.79 Å². The molecular weight excluding hydrogens is 466 g/mol. The Balaban J connectivity index is 2.26. The van der Waals surface area contributed by atoms with Crippen molar-refractivity contribution in [3.63, 3.8) is 0 Å². The SMILES string of the molecule is CC[C@H](OCOCCOC)[C@H](CCO[Si](C)(C)C(C)(C)C)N(Cc1ccccc1)Cc1ccccc1. The number of methoxy groups -OCH3 is 1. The zero-order valence-corrected chi connectivity index (χ0v) is 24.7. The summed E-state index contributed by atoms with van der Waals surface area (Å²) in [6.07, 6.45) is 1.84. The second kappa shape index (κ2) is 15.6. The highest BCUT2D eigenvalue weighted by Crippen LogP contribution is 2.36. The van der Waals surface area contributed by atoms with Gasteiger partial charge in [-0.15, -0.1) is 0 Å². The van der Waals surface area contributed by atoms with Crippen LogP contribution in [0.4, 0.5) is 0 Å². The molecule has 0 aliphatic rings. The summed E-state index contributed by atoms with van der Waals surface area (Å²) in [5, 5.41) is 0.187. The lowest BCUT2D eigenvalue weighted by Gasteiger charge is -2.39. The fraction of sp³-hybridized carbons (Fsp3) is 0.600. The Morgan fingerprint density at radius 3 is 1.86 bits per heavy atom. The average molecular weight is 516 g/mol. The van der Waals surface area contributed by atoms with E-state index in [2.05, 4.69) is 106 Å². The number of nitrogens with zero attached hydrogens (tertiary/aromatic N) is 1. The van der Waals surface area contributed by atoms with Gasteiger partial charge in [-0.25, -0.2) is 0 Å². The first kappa shape index (κ1) is 30.7. The third-order valence-corrected chi connectivity index (χ3v) is 11.8. The number of ether oxygens (including phenoxy) is 3. The van der Waals surface area contributed by atoms with Crippen molar-refractivity contribution in [3.8, 4) is 0 Å². The van der Waals surface area contributed by atoms with E-state index in [1.807, 2.05) is 0 Å². The molecule has 0 fully saturated rings. The summed E-state index contributed by atoms with van der Waals surface area (Å²) in [6, 6.07) is 21.6. The molecule has 0 unspecified atom stereocenters. The van der Waals surface area contributed by atoms with Crippen LogP contribution in [0.2, 0.25) is 18.1 Å². The minimum Gasteiger partial charge on any atom is -0.417 e. The van der Waals surface area contributed by atoms with Crippen LogP contribution in [0.15, 0.2) is 60.7 Å². The van der Waals surface area contributed by atoms with Gasteiger partial charge in [-0.1, -0.05) is 88.4 Å². The highest BCUT2D eigenvalue weighted by Gasteiger charge is 2.37. The van der Waals surface area contributed by atoms with Crippen LogP contribution in [0, 0.1) is 0 Å². The quantitative estimate of drug-likeness (QED) is 0.130. The van der Waals surface area contributed by atoms with Crippen LogP contribution >= 0.6 is 0 Å². The topological polar surface area (TPSA) is 40.2 Å². The van der Waals surface area contributed by atoms with E-state index in [0.717, 1.165) is 32.5 Å². The number of hydrogen-bond acceptors (Lipinski definition) is 5. The molecule has 2 aromatic carbocycles. The molecular formula is C30H49NO4Si. The monoisotopic (exact) mass is 515 g/mol. The molecule has 36 heavy (non-hydrogen) atoms. The lowest BCUT2D eigenvalue weighted by Crippen LogP contribution is -2.46. The molecule has 0 saturated carbocycles. The minimum atomic E-state index is -1.84. The number of hydrogen-bond donors (Lipinski definition) is 0. The molecule has 0 aromatic heterocycles. The molecule has 5 nitrogen and oxygen atoms in total. The predicted molar refractivity (Wildman–Crippen MR) is 152 cm³/mol. The largest absolute Gasteiger partial charge is 0.417 e. The Labute approximate surface area is 221 Å². The van der Waals surface area contributed by atoms with Gasteiger partial charge in [-0.05, 0) is 42.1 Å². The number of benzene rings is 2. The molecule has 0 radical (unpaired) electrons. The Morgan fingerprint density at radius 1 is 0.833 bits per heavy atom. The summed E-state index contributed by atoms with van der Waals surface area (Å²) < 4.78 is 23.8. The Kier molecular flexibility index (Phi) is 13.3. The second-order valence-electron chi connectivity index (χ2n) is 11.0. The second-order valence-corrected chi connectivity index (χ2v) is 15.8. The summed E-state index contributed by atoms with van der Waals surface area (Å²) in [5.41, 5.74) is 2.60. The van der Waals surface area contributed by atoms with Crippen molar-refractivity contribution in [1.82, 2.24) is 4.90 Å². The molecule has 0 N–H and O–H groups in total. The first-order valence-electron chi connectivity index (χ1n) is 13.3. The fourth-order valence-electron chi connectivity index (χ4n) is 4.02. The molecule has 0 aliphatic carbocycles. The summed E-state index contributed by atoms with van der Waals surface area (Å²) >= 11 is 0. The van der Waals surface area contributed by atoms with E-state index in [-0.39, 0.29) is 24.0 Å². The van der Waals surface area contributed by atoms with Gasteiger partial charge < -0.3 is 18.6 Å². The van der Waals surface area contributed by atoms with E-state index in [0.29, 0.717) is 13.2 Å². The van der Waals surface area contributed by atoms with E-state index in [9.17, 15) is 0 Å². The third-order valence-electron chi connectivity index (χ3n) is 7.24. The molecule has 0 aliphatic heterocycles. The minimum absolute atomic E-state index is 0.0305. The summed E-state index contributed by atoms with van der Waals surface area (Å²) in [7, 11) is -0.155. The van der Waals surface area contributed by atoms with Gasteiger partial charge in [0, 0.05) is 32.8 Å². The Hall–Kier alpha value is -1.54. The number of rotatable bonds is 17. The lowest BCUT2D eigenvalue weighted by molar-refractivity contribution is -0.124. The summed E-state index contributed by atoms with van der Waals surface area (Å²) in [5.74, 6) is 0. The molecule has 2 rings (SSSR count). The van der Waals surface area contributed by atoms with Crippen molar-refractivity contribution in [2.24, 2.45) is 0 Å². The van der Waals surface area contributed by atoms with Gasteiger partial charge in [0.15, 0.2) is 8.32 Å². The molecule has 0 bridgehead atoms. The van der Waals surface area contributed by atoms with Crippen molar-refractivity contribution in [3.05, 3.63) is 71.8 Å². The zero-order chi connectivity index (χ0) is 26.4. The first-order chi connectivity index (χ1) is 17.2. The molecule has 2 aromatic rings. The van der Waals surface area contributed by atoms with Crippen LogP contribution < -0.4 is 0 Å². The maximum atomic E-state index is 6.64. The van der Waals surface area contributed by atoms with Crippen molar-refractivity contribution in [1.29, 1.82) is 0 Å². The van der Waals surface area contributed by atoms with Crippen LogP contribution in [-0.4, -0.2) is 59.1 Å². The normalized spacial score (nSPS) is 14.2. The fourth-order valence-corrected chi connectivity index (χ4v) is 5.08. The maximum Gasteiger partial charge on any atom is 0.191 e. The standard InChI is InChI=1S/C30H49NO4Si/c1-8-29(34-25-33-22-21-32-5)28(19-20-35-36(6,7)30(2,3)4)31(23-26-15-11-9-12-16-26)24-27-17-13-10-14-18-27/h9-18,28-29H,8,19-25H2,1-7H3/t28-,29-/m0/s1. The smallest absolute Gasteiger partial charge is 0.191 e. The van der Waals surface area contributed by atoms with Gasteiger partial charge in [-0.3, -0.25) is 4.90 Å². The molecule has 0 saturated heterocycles. The van der Waals surface area contributed by atoms with Crippen LogP contribution in [0.3, 0.4) is 0 Å². The van der Waals surface area contributed by atoms with Crippen LogP contribution in [0.1, 0.15) is 51.7 Å². The van der Waals surface area contributed by atoms with Crippen LogP contribution in [0.25, 0.3) is 0 Å². The zero-order valence-electron chi connectivity index (χ0n) is 23.7. The van der Waals surface area contributed by atoms with Crippen molar-refractivity contribution >= 4 is 8.32 Å². The van der Waals surface area contributed by atoms with Gasteiger partial charge in [0.2, 0.25) is 0 Å². The highest BCUT2D eigenvalue weighted by atomic mass is 28.4. The van der Waals surface area contributed by atoms with Crippen LogP contribution in [0.5, 0.6) is 0 Å². The van der Waals surface area contributed by atoms with E-state index in [1.54, 1.807) is 7.11 Å². The highest BCUT2D eigenvalue weighted by molar-refractivity contribution is 6.74. The molecule has 202 valence electrons. The molecule has 6 heteroatoms. The first-order valence-corrected chi connectivity index (χ1v) is 16.2. The van der Waals surface area contributed by atoms with Crippen molar-refractivity contribution < 1.29 is 18.6 Å². The summed E-state index contributed by atoms with van der Waals surface area (Å²) in [6.45, 7) is 17.5. The lowest BCUT2D eigenvalue weighted by atomic mass is 10.0. The van der Waals surface area contributed by atoms with Gasteiger partial charge >= 0.3 is 0 Å². The van der Waals surface area contributed by atoms with Crippen molar-refractivity contribution in [2.75, 3.05) is 33.7 Å². The van der Waals surface area contributed by atoms with Gasteiger partial charge in [0.05, 0.1) is 19.3 Å². The van der Waals surface area contributed by atoms with E-state index >= 15 is 0 Å².